The zero-order valence-corrected chi connectivity index (χ0v) is 5.46. The molecule has 0 spiro atoms. The predicted molar refractivity (Wildman–Crippen MR) is 28.2 cm³/mol. The molecule has 6 heteroatoms. The van der Waals surface area contributed by atoms with E-state index in [0.29, 0.717) is 0 Å². The van der Waals surface area contributed by atoms with Gasteiger partial charge >= 0.3 is 12.8 Å². The van der Waals surface area contributed by atoms with Crippen LogP contribution in [-0.2, 0) is 14.2 Å². The van der Waals surface area contributed by atoms with Gasteiger partial charge in [-0.15, -0.1) is 0 Å². The fraction of sp³-hybridized carbons (Fsp3) is 0.800. The normalized spacial score (nSPS) is 23.5. The molecule has 1 rings (SSSR count). The second-order valence-electron chi connectivity index (χ2n) is 1.89. The van der Waals surface area contributed by atoms with Gasteiger partial charge in [-0.05, 0) is 0 Å². The first kappa shape index (κ1) is 8.19. The Morgan fingerprint density at radius 2 is 2.45 bits per heavy atom. The molecule has 0 aromatic heterocycles. The summed E-state index contributed by atoms with van der Waals surface area (Å²) in [4.78, 5) is 10.2. The Morgan fingerprint density at radius 3 is 2.91 bits per heavy atom. The number of carbonyl (C=O) groups is 1. The van der Waals surface area contributed by atoms with Crippen molar-refractivity contribution in [2.75, 3.05) is 13.2 Å². The number of halogens is 2. The van der Waals surface area contributed by atoms with Crippen molar-refractivity contribution < 1.29 is 27.8 Å². The summed E-state index contributed by atoms with van der Waals surface area (Å²) < 4.78 is 35.4. The number of hydrogen-bond acceptors (Lipinski definition) is 4. The van der Waals surface area contributed by atoms with Crippen molar-refractivity contribution >= 4 is 6.16 Å². The predicted octanol–water partition coefficient (Wildman–Crippen LogP) is 0.761. The molecule has 64 valence electrons. The van der Waals surface area contributed by atoms with Gasteiger partial charge in [0.15, 0.2) is 6.10 Å². The molecule has 1 atom stereocenters. The first-order valence-electron chi connectivity index (χ1n) is 2.91. The van der Waals surface area contributed by atoms with Gasteiger partial charge in [-0.25, -0.2) is 4.79 Å². The van der Waals surface area contributed by atoms with Crippen LogP contribution in [-0.4, -0.2) is 32.1 Å². The van der Waals surface area contributed by atoms with Crippen LogP contribution in [0.1, 0.15) is 0 Å². The van der Waals surface area contributed by atoms with Crippen molar-refractivity contribution in [2.45, 2.75) is 12.7 Å². The second-order valence-corrected chi connectivity index (χ2v) is 1.89. The van der Waals surface area contributed by atoms with Gasteiger partial charge in [0.2, 0.25) is 0 Å². The maximum Gasteiger partial charge on any atom is 0.508 e. The quantitative estimate of drug-likeness (QED) is 0.583. The molecule has 0 radical (unpaired) electrons. The van der Waals surface area contributed by atoms with E-state index in [9.17, 15) is 13.6 Å². The van der Waals surface area contributed by atoms with E-state index in [0.717, 1.165) is 0 Å². The smallest absolute Gasteiger partial charge is 0.430 e. The van der Waals surface area contributed by atoms with Crippen LogP contribution in [0.25, 0.3) is 0 Å². The zero-order valence-electron chi connectivity index (χ0n) is 5.46. The second kappa shape index (κ2) is 3.47. The van der Waals surface area contributed by atoms with E-state index in [-0.39, 0.29) is 13.2 Å². The van der Waals surface area contributed by atoms with Crippen LogP contribution < -0.4 is 0 Å². The summed E-state index contributed by atoms with van der Waals surface area (Å²) in [6, 6.07) is 0. The number of ether oxygens (including phenoxy) is 3. The summed E-state index contributed by atoms with van der Waals surface area (Å²) in [6.45, 7) is -3.19. The van der Waals surface area contributed by atoms with Crippen molar-refractivity contribution in [3.05, 3.63) is 0 Å². The van der Waals surface area contributed by atoms with E-state index in [1.165, 1.54) is 0 Å². The lowest BCUT2D eigenvalue weighted by molar-refractivity contribution is -0.144. The lowest BCUT2D eigenvalue weighted by Crippen LogP contribution is -2.19. The highest BCUT2D eigenvalue weighted by molar-refractivity contribution is 5.61. The van der Waals surface area contributed by atoms with E-state index in [4.69, 9.17) is 0 Å². The molecular weight excluding hydrogens is 162 g/mol. The first-order chi connectivity index (χ1) is 5.18. The average molecular weight is 168 g/mol. The number of carbonyl (C=O) groups excluding carboxylic acids is 1. The van der Waals surface area contributed by atoms with Gasteiger partial charge in [0.05, 0.1) is 6.61 Å². The lowest BCUT2D eigenvalue weighted by atomic mass is 10.4. The third kappa shape index (κ3) is 2.67. The van der Waals surface area contributed by atoms with Gasteiger partial charge in [-0.1, -0.05) is 0 Å². The Bertz CT molecular complexity index is 149. The van der Waals surface area contributed by atoms with Gasteiger partial charge in [0.25, 0.3) is 0 Å². The molecule has 0 bridgehead atoms. The molecule has 1 unspecified atom stereocenters. The van der Waals surface area contributed by atoms with E-state index < -0.39 is 18.9 Å². The standard InChI is InChI=1S/C5H6F2O4/c6-4(7)9-1-3-2-10-5(8)11-3/h3-4H,1-2H2. The summed E-state index contributed by atoms with van der Waals surface area (Å²) >= 11 is 0. The molecule has 1 fully saturated rings. The third-order valence-corrected chi connectivity index (χ3v) is 1.06. The summed E-state index contributed by atoms with van der Waals surface area (Å²) in [5.41, 5.74) is 0. The van der Waals surface area contributed by atoms with Crippen LogP contribution in [0.4, 0.5) is 13.6 Å². The SMILES string of the molecule is O=C1OCC(COC(F)F)O1. The lowest BCUT2D eigenvalue weighted by Gasteiger charge is -2.05. The highest BCUT2D eigenvalue weighted by Crippen LogP contribution is 2.07. The maximum atomic E-state index is 11.4. The molecule has 1 aliphatic rings. The minimum Gasteiger partial charge on any atom is -0.430 e. The van der Waals surface area contributed by atoms with Gasteiger partial charge in [-0.3, -0.25) is 0 Å². The van der Waals surface area contributed by atoms with Crippen LogP contribution >= 0.6 is 0 Å². The first-order valence-corrected chi connectivity index (χ1v) is 2.91. The Labute approximate surface area is 61.0 Å². The summed E-state index contributed by atoms with van der Waals surface area (Å²) in [5, 5.41) is 0. The zero-order chi connectivity index (χ0) is 8.27. The van der Waals surface area contributed by atoms with Gasteiger partial charge in [0, 0.05) is 0 Å². The largest absolute Gasteiger partial charge is 0.508 e. The monoisotopic (exact) mass is 168 g/mol. The number of rotatable bonds is 3. The van der Waals surface area contributed by atoms with E-state index in [2.05, 4.69) is 14.2 Å². The molecule has 1 heterocycles. The third-order valence-electron chi connectivity index (χ3n) is 1.06. The molecule has 11 heavy (non-hydrogen) atoms. The molecule has 0 saturated carbocycles. The molecule has 0 aromatic rings. The Balaban J connectivity index is 2.13. The number of hydrogen-bond donors (Lipinski definition) is 0. The topological polar surface area (TPSA) is 44.8 Å². The summed E-state index contributed by atoms with van der Waals surface area (Å²) in [7, 11) is 0. The van der Waals surface area contributed by atoms with Gasteiger partial charge in [-0.2, -0.15) is 8.78 Å². The van der Waals surface area contributed by atoms with Crippen molar-refractivity contribution in [1.29, 1.82) is 0 Å². The maximum absolute atomic E-state index is 11.4. The van der Waals surface area contributed by atoms with Crippen LogP contribution in [0.2, 0.25) is 0 Å². The van der Waals surface area contributed by atoms with Crippen LogP contribution in [0.15, 0.2) is 0 Å². The molecule has 0 aliphatic carbocycles. The average Bonchev–Trinajstić information content (AvgIpc) is 2.31. The minimum absolute atomic E-state index is 0.0223. The minimum atomic E-state index is -2.84. The van der Waals surface area contributed by atoms with Gasteiger partial charge < -0.3 is 14.2 Å². The molecule has 1 saturated heterocycles. The number of cyclic esters (lactones) is 2. The molecule has 0 N–H and O–H groups in total. The van der Waals surface area contributed by atoms with E-state index in [1.807, 2.05) is 0 Å². The van der Waals surface area contributed by atoms with E-state index in [1.54, 1.807) is 0 Å². The summed E-state index contributed by atoms with van der Waals surface area (Å²) in [5.74, 6) is 0. The molecular formula is C5H6F2O4. The number of alkyl halides is 2. The fourth-order valence-corrected chi connectivity index (χ4v) is 0.627. The van der Waals surface area contributed by atoms with Crippen LogP contribution in [0.3, 0.4) is 0 Å². The Hall–Kier alpha value is -0.910. The fourth-order valence-electron chi connectivity index (χ4n) is 0.627. The molecule has 0 amide bonds. The van der Waals surface area contributed by atoms with Crippen molar-refractivity contribution in [1.82, 2.24) is 0 Å². The Morgan fingerprint density at radius 1 is 1.73 bits per heavy atom. The highest BCUT2D eigenvalue weighted by atomic mass is 19.3. The summed E-state index contributed by atoms with van der Waals surface area (Å²) in [6.07, 6.45) is -1.54. The molecule has 0 aromatic carbocycles. The van der Waals surface area contributed by atoms with Crippen molar-refractivity contribution in [2.24, 2.45) is 0 Å². The van der Waals surface area contributed by atoms with Crippen LogP contribution in [0, 0.1) is 0 Å². The Kier molecular flexibility index (Phi) is 2.58. The van der Waals surface area contributed by atoms with Crippen molar-refractivity contribution in [3.8, 4) is 0 Å². The van der Waals surface area contributed by atoms with Crippen molar-refractivity contribution in [3.63, 3.8) is 0 Å². The van der Waals surface area contributed by atoms with E-state index >= 15 is 0 Å². The molecule has 1 aliphatic heterocycles. The van der Waals surface area contributed by atoms with Gasteiger partial charge in [0.1, 0.15) is 6.61 Å². The van der Waals surface area contributed by atoms with Crippen LogP contribution in [0.5, 0.6) is 0 Å². The molecule has 4 nitrogen and oxygen atoms in total. The highest BCUT2D eigenvalue weighted by Gasteiger charge is 2.25.